The van der Waals surface area contributed by atoms with E-state index in [1.54, 1.807) is 0 Å². The van der Waals surface area contributed by atoms with E-state index in [0.717, 1.165) is 6.04 Å². The van der Waals surface area contributed by atoms with Crippen LogP contribution in [0, 0.1) is 0 Å². The molecule has 118 valence electrons. The van der Waals surface area contributed by atoms with E-state index in [1.165, 1.54) is 77.8 Å². The fraction of sp³-hybridized carbons (Fsp3) is 1.00. The Labute approximate surface area is 126 Å². The van der Waals surface area contributed by atoms with Crippen molar-refractivity contribution in [3.05, 3.63) is 0 Å². The van der Waals surface area contributed by atoms with Crippen molar-refractivity contribution in [2.75, 3.05) is 39.3 Å². The number of hydrogen-bond donors (Lipinski definition) is 1. The molecule has 20 heavy (non-hydrogen) atoms. The molecule has 3 heteroatoms. The van der Waals surface area contributed by atoms with Crippen LogP contribution in [-0.4, -0.2) is 60.6 Å². The van der Waals surface area contributed by atoms with Crippen LogP contribution in [0.2, 0.25) is 0 Å². The summed E-state index contributed by atoms with van der Waals surface area (Å²) in [5.74, 6) is 0. The molecule has 2 aliphatic rings. The molecule has 0 aromatic heterocycles. The van der Waals surface area contributed by atoms with Gasteiger partial charge in [-0.05, 0) is 33.6 Å². The van der Waals surface area contributed by atoms with Crippen LogP contribution in [0.5, 0.6) is 0 Å². The molecule has 1 aliphatic heterocycles. The van der Waals surface area contributed by atoms with Crippen molar-refractivity contribution in [1.29, 1.82) is 0 Å². The zero-order valence-corrected chi connectivity index (χ0v) is 14.0. The lowest BCUT2D eigenvalue weighted by molar-refractivity contribution is 0.0624. The smallest absolute Gasteiger partial charge is 0.0126 e. The molecular formula is C17H35N3. The molecule has 2 fully saturated rings. The topological polar surface area (TPSA) is 18.5 Å². The molecular weight excluding hydrogens is 246 g/mol. The molecule has 1 saturated heterocycles. The summed E-state index contributed by atoms with van der Waals surface area (Å²) >= 11 is 0. The summed E-state index contributed by atoms with van der Waals surface area (Å²) in [6.45, 7) is 14.3. The van der Waals surface area contributed by atoms with Crippen molar-refractivity contribution in [2.24, 2.45) is 0 Å². The zero-order chi connectivity index (χ0) is 14.4. The molecule has 1 N–H and O–H groups in total. The highest BCUT2D eigenvalue weighted by Gasteiger charge is 2.25. The van der Waals surface area contributed by atoms with Crippen LogP contribution in [0.3, 0.4) is 0 Å². The minimum Gasteiger partial charge on any atom is -0.313 e. The highest BCUT2D eigenvalue weighted by Crippen LogP contribution is 2.17. The molecule has 0 bridgehead atoms. The maximum atomic E-state index is 3.80. The molecule has 0 amide bonds. The Kier molecular flexibility index (Phi) is 6.31. The third-order valence-electron chi connectivity index (χ3n) is 5.04. The molecule has 1 aliphatic carbocycles. The second-order valence-corrected chi connectivity index (χ2v) is 7.64. The van der Waals surface area contributed by atoms with E-state index < -0.39 is 0 Å². The number of nitrogens with zero attached hydrogens (tertiary/aromatic N) is 2. The third kappa shape index (κ3) is 5.34. The van der Waals surface area contributed by atoms with Crippen molar-refractivity contribution in [1.82, 2.24) is 15.1 Å². The molecule has 0 aromatic carbocycles. The molecule has 0 spiro atoms. The zero-order valence-electron chi connectivity index (χ0n) is 14.0. The molecule has 1 heterocycles. The molecule has 3 nitrogen and oxygen atoms in total. The van der Waals surface area contributed by atoms with Gasteiger partial charge in [-0.25, -0.2) is 0 Å². The van der Waals surface area contributed by atoms with Crippen molar-refractivity contribution in [3.8, 4) is 0 Å². The predicted octanol–water partition coefficient (Wildman–Crippen LogP) is 2.71. The van der Waals surface area contributed by atoms with Gasteiger partial charge in [-0.3, -0.25) is 9.80 Å². The Morgan fingerprint density at radius 3 is 2.05 bits per heavy atom. The van der Waals surface area contributed by atoms with E-state index in [-0.39, 0.29) is 0 Å². The number of nitrogens with one attached hydrogen (secondary N) is 1. The first-order valence-electron chi connectivity index (χ1n) is 8.76. The van der Waals surface area contributed by atoms with Crippen LogP contribution in [0.25, 0.3) is 0 Å². The molecule has 0 aromatic rings. The average Bonchev–Trinajstić information content (AvgIpc) is 2.67. The molecule has 1 saturated carbocycles. The Morgan fingerprint density at radius 1 is 0.900 bits per heavy atom. The molecule has 0 radical (unpaired) electrons. The van der Waals surface area contributed by atoms with E-state index in [9.17, 15) is 0 Å². The van der Waals surface area contributed by atoms with Crippen LogP contribution >= 0.6 is 0 Å². The quantitative estimate of drug-likeness (QED) is 0.799. The van der Waals surface area contributed by atoms with E-state index in [4.69, 9.17) is 0 Å². The summed E-state index contributed by atoms with van der Waals surface area (Å²) in [4.78, 5) is 5.24. The summed E-state index contributed by atoms with van der Waals surface area (Å²) in [6, 6.07) is 0.799. The lowest BCUT2D eigenvalue weighted by Gasteiger charge is -2.42. The Morgan fingerprint density at radius 2 is 1.50 bits per heavy atom. The van der Waals surface area contributed by atoms with Crippen LogP contribution in [-0.2, 0) is 0 Å². The molecule has 0 atom stereocenters. The predicted molar refractivity (Wildman–Crippen MR) is 87.3 cm³/mol. The van der Waals surface area contributed by atoms with Gasteiger partial charge in [0.1, 0.15) is 0 Å². The lowest BCUT2D eigenvalue weighted by atomic mass is 10.0. The SMILES string of the molecule is CC(C)(C)N1CCN(CCNC2CCCCCC2)CC1. The number of piperazine rings is 1. The van der Waals surface area contributed by atoms with Gasteiger partial charge in [-0.15, -0.1) is 0 Å². The third-order valence-corrected chi connectivity index (χ3v) is 5.04. The summed E-state index contributed by atoms with van der Waals surface area (Å²) in [5, 5.41) is 3.80. The maximum absolute atomic E-state index is 3.80. The fourth-order valence-electron chi connectivity index (χ4n) is 3.55. The Hall–Kier alpha value is -0.120. The number of rotatable bonds is 4. The summed E-state index contributed by atoms with van der Waals surface area (Å²) < 4.78 is 0. The fourth-order valence-corrected chi connectivity index (χ4v) is 3.55. The van der Waals surface area contributed by atoms with Crippen molar-refractivity contribution < 1.29 is 0 Å². The van der Waals surface area contributed by atoms with Crippen LogP contribution in [0.1, 0.15) is 59.3 Å². The van der Waals surface area contributed by atoms with Crippen LogP contribution in [0.15, 0.2) is 0 Å². The minimum absolute atomic E-state index is 0.338. The van der Waals surface area contributed by atoms with Crippen molar-refractivity contribution in [2.45, 2.75) is 70.9 Å². The number of hydrogen-bond acceptors (Lipinski definition) is 3. The highest BCUT2D eigenvalue weighted by molar-refractivity contribution is 4.82. The highest BCUT2D eigenvalue weighted by atomic mass is 15.3. The Bertz CT molecular complexity index is 256. The normalized spacial score (nSPS) is 24.8. The summed E-state index contributed by atoms with van der Waals surface area (Å²) in [5.41, 5.74) is 0.338. The van der Waals surface area contributed by atoms with E-state index in [0.29, 0.717) is 5.54 Å². The van der Waals surface area contributed by atoms with Crippen LogP contribution < -0.4 is 5.32 Å². The van der Waals surface area contributed by atoms with Gasteiger partial charge in [0.05, 0.1) is 0 Å². The largest absolute Gasteiger partial charge is 0.313 e. The van der Waals surface area contributed by atoms with Gasteiger partial charge in [0.15, 0.2) is 0 Å². The lowest BCUT2D eigenvalue weighted by Crippen LogP contribution is -2.54. The van der Waals surface area contributed by atoms with Gasteiger partial charge < -0.3 is 5.32 Å². The van der Waals surface area contributed by atoms with Gasteiger partial charge >= 0.3 is 0 Å². The molecule has 2 rings (SSSR count). The summed E-state index contributed by atoms with van der Waals surface area (Å²) in [6.07, 6.45) is 8.57. The van der Waals surface area contributed by atoms with E-state index in [1.807, 2.05) is 0 Å². The summed E-state index contributed by atoms with van der Waals surface area (Å²) in [7, 11) is 0. The average molecular weight is 281 g/mol. The molecule has 0 unspecified atom stereocenters. The first-order valence-corrected chi connectivity index (χ1v) is 8.76. The first-order chi connectivity index (χ1) is 9.55. The van der Waals surface area contributed by atoms with E-state index >= 15 is 0 Å². The minimum atomic E-state index is 0.338. The van der Waals surface area contributed by atoms with Crippen molar-refractivity contribution >= 4 is 0 Å². The monoisotopic (exact) mass is 281 g/mol. The maximum Gasteiger partial charge on any atom is 0.0126 e. The second-order valence-electron chi connectivity index (χ2n) is 7.64. The van der Waals surface area contributed by atoms with Gasteiger partial charge in [0.25, 0.3) is 0 Å². The second kappa shape index (κ2) is 7.77. The standard InChI is InChI=1S/C17H35N3/c1-17(2,3)20-14-12-19(13-15-20)11-10-18-16-8-6-4-5-7-9-16/h16,18H,4-15H2,1-3H3. The van der Waals surface area contributed by atoms with Crippen LogP contribution in [0.4, 0.5) is 0 Å². The van der Waals surface area contributed by atoms with Gasteiger partial charge in [-0.1, -0.05) is 25.7 Å². The van der Waals surface area contributed by atoms with E-state index in [2.05, 4.69) is 35.9 Å². The first kappa shape index (κ1) is 16.3. The van der Waals surface area contributed by atoms with Crippen molar-refractivity contribution in [3.63, 3.8) is 0 Å². The van der Waals surface area contributed by atoms with Gasteiger partial charge in [0.2, 0.25) is 0 Å². The van der Waals surface area contributed by atoms with Gasteiger partial charge in [0, 0.05) is 50.8 Å². The van der Waals surface area contributed by atoms with Gasteiger partial charge in [-0.2, -0.15) is 0 Å². The Balaban J connectivity index is 1.59.